The Balaban J connectivity index is 1.27. The summed E-state index contributed by atoms with van der Waals surface area (Å²) in [6, 6.07) is 26.6. The van der Waals surface area contributed by atoms with Crippen molar-refractivity contribution in [2.24, 2.45) is 0 Å². The molecule has 1 fully saturated rings. The van der Waals surface area contributed by atoms with Gasteiger partial charge in [-0.25, -0.2) is 4.79 Å². The number of piperidine rings is 1. The lowest BCUT2D eigenvalue weighted by Gasteiger charge is -2.40. The molecule has 4 heteroatoms. The molecule has 0 bridgehead atoms. The number of ketones is 1. The summed E-state index contributed by atoms with van der Waals surface area (Å²) < 4.78 is 5.82. The predicted molar refractivity (Wildman–Crippen MR) is 125 cm³/mol. The highest BCUT2D eigenvalue weighted by atomic mass is 16.6. The molecule has 4 nitrogen and oxygen atoms in total. The van der Waals surface area contributed by atoms with Crippen LogP contribution in [0.25, 0.3) is 11.1 Å². The molecule has 32 heavy (non-hydrogen) atoms. The van der Waals surface area contributed by atoms with Crippen molar-refractivity contribution in [3.05, 3.63) is 95.6 Å². The monoisotopic (exact) mass is 425 g/mol. The van der Waals surface area contributed by atoms with E-state index in [9.17, 15) is 9.59 Å². The van der Waals surface area contributed by atoms with Gasteiger partial charge in [-0.1, -0.05) is 78.9 Å². The predicted octanol–water partition coefficient (Wildman–Crippen LogP) is 5.56. The van der Waals surface area contributed by atoms with E-state index in [1.54, 1.807) is 11.8 Å². The van der Waals surface area contributed by atoms with E-state index >= 15 is 0 Å². The minimum atomic E-state index is -0.513. The van der Waals surface area contributed by atoms with Crippen LogP contribution < -0.4 is 0 Å². The molecule has 0 spiro atoms. The van der Waals surface area contributed by atoms with Crippen molar-refractivity contribution in [3.8, 4) is 11.1 Å². The van der Waals surface area contributed by atoms with Crippen LogP contribution in [0.2, 0.25) is 0 Å². The van der Waals surface area contributed by atoms with Crippen LogP contribution in [-0.4, -0.2) is 36.5 Å². The average Bonchev–Trinajstić information content (AvgIpc) is 3.17. The summed E-state index contributed by atoms with van der Waals surface area (Å²) in [7, 11) is 0. The Morgan fingerprint density at radius 2 is 1.38 bits per heavy atom. The standard InChI is InChI=1S/C28H27NO3/c1-20(30)28(21-9-3-2-4-10-21)15-17-29(18-16-28)27(31)32-19-26-24-13-7-5-11-22(24)23-12-6-8-14-25(23)26/h2-14,26H,15-19H2,1H3. The van der Waals surface area contributed by atoms with Gasteiger partial charge in [0.2, 0.25) is 0 Å². The second-order valence-electron chi connectivity index (χ2n) is 8.80. The summed E-state index contributed by atoms with van der Waals surface area (Å²) in [5, 5.41) is 0. The van der Waals surface area contributed by atoms with Crippen LogP contribution in [0.5, 0.6) is 0 Å². The first-order valence-electron chi connectivity index (χ1n) is 11.3. The van der Waals surface area contributed by atoms with Crippen molar-refractivity contribution in [2.45, 2.75) is 31.1 Å². The van der Waals surface area contributed by atoms with Gasteiger partial charge in [-0.3, -0.25) is 4.79 Å². The molecule has 0 atom stereocenters. The molecule has 0 saturated carbocycles. The van der Waals surface area contributed by atoms with Crippen LogP contribution in [0.1, 0.15) is 42.4 Å². The minimum Gasteiger partial charge on any atom is -0.448 e. The van der Waals surface area contributed by atoms with Crippen molar-refractivity contribution in [3.63, 3.8) is 0 Å². The van der Waals surface area contributed by atoms with E-state index in [-0.39, 0.29) is 17.8 Å². The number of amides is 1. The number of carbonyl (C=O) groups excluding carboxylic acids is 2. The number of nitrogens with zero attached hydrogens (tertiary/aromatic N) is 1. The summed E-state index contributed by atoms with van der Waals surface area (Å²) in [6.45, 7) is 3.02. The summed E-state index contributed by atoms with van der Waals surface area (Å²) in [5.41, 5.74) is 5.38. The summed E-state index contributed by atoms with van der Waals surface area (Å²) in [5.74, 6) is 0.215. The number of hydrogen-bond donors (Lipinski definition) is 0. The van der Waals surface area contributed by atoms with E-state index in [1.807, 2.05) is 54.6 Å². The topological polar surface area (TPSA) is 46.6 Å². The molecular weight excluding hydrogens is 398 g/mol. The highest BCUT2D eigenvalue weighted by Gasteiger charge is 2.41. The summed E-state index contributed by atoms with van der Waals surface area (Å²) in [6.07, 6.45) is 0.949. The number of rotatable bonds is 4. The highest BCUT2D eigenvalue weighted by Crippen LogP contribution is 2.44. The maximum absolute atomic E-state index is 12.9. The second-order valence-corrected chi connectivity index (χ2v) is 8.80. The quantitative estimate of drug-likeness (QED) is 0.550. The largest absolute Gasteiger partial charge is 0.448 e. The molecule has 3 aromatic carbocycles. The molecule has 1 aliphatic carbocycles. The van der Waals surface area contributed by atoms with Crippen molar-refractivity contribution in [1.29, 1.82) is 0 Å². The lowest BCUT2D eigenvalue weighted by Crippen LogP contribution is -2.48. The number of ether oxygens (including phenoxy) is 1. The molecule has 2 aliphatic rings. The lowest BCUT2D eigenvalue weighted by atomic mass is 9.70. The van der Waals surface area contributed by atoms with Crippen molar-refractivity contribution < 1.29 is 14.3 Å². The minimum absolute atomic E-state index is 0.0526. The molecule has 3 aromatic rings. The number of hydrogen-bond acceptors (Lipinski definition) is 3. The Morgan fingerprint density at radius 1 is 0.844 bits per heavy atom. The Bertz CT molecular complexity index is 1100. The Morgan fingerprint density at radius 3 is 1.94 bits per heavy atom. The van der Waals surface area contributed by atoms with E-state index in [2.05, 4.69) is 24.3 Å². The van der Waals surface area contributed by atoms with E-state index in [0.29, 0.717) is 32.5 Å². The van der Waals surface area contributed by atoms with Crippen molar-refractivity contribution in [1.82, 2.24) is 4.90 Å². The van der Waals surface area contributed by atoms with E-state index in [4.69, 9.17) is 4.74 Å². The number of likely N-dealkylation sites (tertiary alicyclic amines) is 1. The zero-order valence-corrected chi connectivity index (χ0v) is 18.3. The molecule has 1 saturated heterocycles. The van der Waals surface area contributed by atoms with Gasteiger partial charge < -0.3 is 9.64 Å². The first-order valence-corrected chi connectivity index (χ1v) is 11.3. The first-order chi connectivity index (χ1) is 15.6. The van der Waals surface area contributed by atoms with Crippen LogP contribution >= 0.6 is 0 Å². The maximum atomic E-state index is 12.9. The van der Waals surface area contributed by atoms with Gasteiger partial charge in [0.15, 0.2) is 0 Å². The number of Topliss-reactive ketones (excluding diaryl/α,β-unsaturated/α-hetero) is 1. The van der Waals surface area contributed by atoms with Crippen LogP contribution in [0.3, 0.4) is 0 Å². The zero-order valence-electron chi connectivity index (χ0n) is 18.3. The van der Waals surface area contributed by atoms with Crippen molar-refractivity contribution >= 4 is 11.9 Å². The number of carbonyl (C=O) groups is 2. The summed E-state index contributed by atoms with van der Waals surface area (Å²) >= 11 is 0. The third kappa shape index (κ3) is 3.40. The van der Waals surface area contributed by atoms with E-state index in [1.165, 1.54) is 22.3 Å². The van der Waals surface area contributed by atoms with Gasteiger partial charge in [0.1, 0.15) is 12.4 Å². The zero-order chi connectivity index (χ0) is 22.1. The van der Waals surface area contributed by atoms with E-state index in [0.717, 1.165) is 5.56 Å². The fourth-order valence-electron chi connectivity index (χ4n) is 5.36. The summed E-state index contributed by atoms with van der Waals surface area (Å²) in [4.78, 5) is 27.3. The van der Waals surface area contributed by atoms with Gasteiger partial charge in [-0.05, 0) is 47.6 Å². The van der Waals surface area contributed by atoms with Gasteiger partial charge in [0.05, 0.1) is 5.41 Å². The number of benzene rings is 3. The van der Waals surface area contributed by atoms with Gasteiger partial charge in [-0.2, -0.15) is 0 Å². The van der Waals surface area contributed by atoms with Gasteiger partial charge in [-0.15, -0.1) is 0 Å². The van der Waals surface area contributed by atoms with Crippen LogP contribution in [-0.2, 0) is 14.9 Å². The molecule has 1 heterocycles. The molecule has 1 amide bonds. The Labute approximate surface area is 188 Å². The van der Waals surface area contributed by atoms with Gasteiger partial charge in [0, 0.05) is 19.0 Å². The molecular formula is C28H27NO3. The molecule has 0 radical (unpaired) electrons. The molecule has 1 aliphatic heterocycles. The molecule has 0 N–H and O–H groups in total. The third-order valence-electron chi connectivity index (χ3n) is 7.21. The smallest absolute Gasteiger partial charge is 0.409 e. The third-order valence-corrected chi connectivity index (χ3v) is 7.21. The Hall–Kier alpha value is -3.40. The van der Waals surface area contributed by atoms with Crippen LogP contribution in [0.15, 0.2) is 78.9 Å². The SMILES string of the molecule is CC(=O)C1(c2ccccc2)CCN(C(=O)OCC2c3ccccc3-c3ccccc32)CC1. The molecule has 0 aromatic heterocycles. The Kier molecular flexibility index (Phi) is 5.30. The van der Waals surface area contributed by atoms with Crippen LogP contribution in [0.4, 0.5) is 4.79 Å². The lowest BCUT2D eigenvalue weighted by molar-refractivity contribution is -0.124. The van der Waals surface area contributed by atoms with Crippen LogP contribution in [0, 0.1) is 0 Å². The normalized spacial score (nSPS) is 16.8. The second kappa shape index (κ2) is 8.27. The molecule has 162 valence electrons. The maximum Gasteiger partial charge on any atom is 0.409 e. The fraction of sp³-hybridized carbons (Fsp3) is 0.286. The van der Waals surface area contributed by atoms with Crippen molar-refractivity contribution in [2.75, 3.05) is 19.7 Å². The van der Waals surface area contributed by atoms with Gasteiger partial charge >= 0.3 is 6.09 Å². The molecule has 5 rings (SSSR count). The number of fused-ring (bicyclic) bond motifs is 3. The highest BCUT2D eigenvalue weighted by molar-refractivity contribution is 5.88. The first kappa shape index (κ1) is 20.5. The molecule has 0 unspecified atom stereocenters. The fourth-order valence-corrected chi connectivity index (χ4v) is 5.36. The van der Waals surface area contributed by atoms with E-state index < -0.39 is 5.41 Å². The van der Waals surface area contributed by atoms with Gasteiger partial charge in [0.25, 0.3) is 0 Å². The average molecular weight is 426 g/mol.